The second-order valence-electron chi connectivity index (χ2n) is 4.76. The molecule has 1 saturated heterocycles. The van der Waals surface area contributed by atoms with E-state index in [1.165, 1.54) is 37.2 Å². The van der Waals surface area contributed by atoms with Crippen molar-refractivity contribution in [1.29, 1.82) is 0 Å². The predicted octanol–water partition coefficient (Wildman–Crippen LogP) is 0.820. The molecule has 0 amide bonds. The molecule has 0 saturated carbocycles. The monoisotopic (exact) mass is 206 g/mol. The summed E-state index contributed by atoms with van der Waals surface area (Å²) >= 11 is 0. The van der Waals surface area contributed by atoms with Crippen molar-refractivity contribution in [1.82, 2.24) is 15.1 Å². The zero-order chi connectivity index (χ0) is 10.3. The third-order valence-corrected chi connectivity index (χ3v) is 3.68. The molecule has 1 aliphatic carbocycles. The fraction of sp³-hybridized carbons (Fsp3) is 0.727. The van der Waals surface area contributed by atoms with Gasteiger partial charge in [0.15, 0.2) is 0 Å². The Morgan fingerprint density at radius 3 is 3.00 bits per heavy atom. The highest BCUT2D eigenvalue weighted by Crippen LogP contribution is 2.34. The van der Waals surface area contributed by atoms with Gasteiger partial charge < -0.3 is 5.73 Å². The smallest absolute Gasteiger partial charge is 0.0538 e. The third-order valence-electron chi connectivity index (χ3n) is 3.68. The van der Waals surface area contributed by atoms with Crippen LogP contribution in [0, 0.1) is 0 Å². The molecular weight excluding hydrogens is 188 g/mol. The largest absolute Gasteiger partial charge is 0.327 e. The van der Waals surface area contributed by atoms with E-state index in [0.717, 1.165) is 12.8 Å². The molecule has 1 aromatic heterocycles. The molecule has 2 atom stereocenters. The fourth-order valence-electron chi connectivity index (χ4n) is 2.93. The zero-order valence-electron chi connectivity index (χ0n) is 8.95. The van der Waals surface area contributed by atoms with Crippen molar-refractivity contribution < 1.29 is 0 Å². The summed E-state index contributed by atoms with van der Waals surface area (Å²) in [5.74, 6) is 0. The highest BCUT2D eigenvalue weighted by molar-refractivity contribution is 5.25. The Morgan fingerprint density at radius 1 is 1.40 bits per heavy atom. The van der Waals surface area contributed by atoms with Gasteiger partial charge in [-0.1, -0.05) is 0 Å². The molecule has 0 spiro atoms. The Bertz CT molecular complexity index is 340. The van der Waals surface area contributed by atoms with Crippen molar-refractivity contribution in [3.8, 4) is 0 Å². The van der Waals surface area contributed by atoms with E-state index in [9.17, 15) is 0 Å². The molecule has 2 unspecified atom stereocenters. The maximum atomic E-state index is 6.09. The van der Waals surface area contributed by atoms with Gasteiger partial charge >= 0.3 is 0 Å². The maximum Gasteiger partial charge on any atom is 0.0538 e. The van der Waals surface area contributed by atoms with Crippen LogP contribution in [-0.4, -0.2) is 34.2 Å². The molecule has 1 aliphatic heterocycles. The summed E-state index contributed by atoms with van der Waals surface area (Å²) in [5.41, 5.74) is 8.74. The maximum absolute atomic E-state index is 6.09. The second kappa shape index (κ2) is 3.61. The van der Waals surface area contributed by atoms with Crippen molar-refractivity contribution in [2.75, 3.05) is 13.1 Å². The van der Waals surface area contributed by atoms with Crippen LogP contribution in [0.2, 0.25) is 0 Å². The van der Waals surface area contributed by atoms with E-state index in [4.69, 9.17) is 5.73 Å². The molecule has 0 radical (unpaired) electrons. The summed E-state index contributed by atoms with van der Waals surface area (Å²) in [6, 6.07) is 0.813. The molecule has 1 aromatic rings. The van der Waals surface area contributed by atoms with Crippen LogP contribution >= 0.6 is 0 Å². The molecule has 15 heavy (non-hydrogen) atoms. The Balaban J connectivity index is 1.89. The summed E-state index contributed by atoms with van der Waals surface area (Å²) in [5, 5.41) is 7.24. The number of nitrogens with zero attached hydrogens (tertiary/aromatic N) is 2. The highest BCUT2D eigenvalue weighted by atomic mass is 15.2. The van der Waals surface area contributed by atoms with Crippen molar-refractivity contribution in [2.45, 2.75) is 37.8 Å². The van der Waals surface area contributed by atoms with Gasteiger partial charge in [0.2, 0.25) is 0 Å². The van der Waals surface area contributed by atoms with E-state index in [1.807, 2.05) is 6.20 Å². The topological polar surface area (TPSA) is 57.9 Å². The zero-order valence-corrected chi connectivity index (χ0v) is 8.95. The van der Waals surface area contributed by atoms with E-state index >= 15 is 0 Å². The van der Waals surface area contributed by atoms with E-state index < -0.39 is 0 Å². The van der Waals surface area contributed by atoms with Gasteiger partial charge in [-0.25, -0.2) is 0 Å². The van der Waals surface area contributed by atoms with Crippen LogP contribution < -0.4 is 5.73 Å². The molecule has 82 valence electrons. The summed E-state index contributed by atoms with van der Waals surface area (Å²) in [6.45, 7) is 2.45. The first-order valence-corrected chi connectivity index (χ1v) is 5.86. The van der Waals surface area contributed by atoms with Crippen LogP contribution in [0.4, 0.5) is 0 Å². The third kappa shape index (κ3) is 1.58. The van der Waals surface area contributed by atoms with Crippen LogP contribution in [-0.2, 0) is 6.42 Å². The summed E-state index contributed by atoms with van der Waals surface area (Å²) in [6.07, 6.45) is 6.70. The number of aromatic nitrogens is 2. The lowest BCUT2D eigenvalue weighted by Gasteiger charge is -2.33. The Morgan fingerprint density at radius 2 is 2.20 bits per heavy atom. The van der Waals surface area contributed by atoms with Crippen LogP contribution in [0.15, 0.2) is 6.20 Å². The molecule has 1 fully saturated rings. The van der Waals surface area contributed by atoms with E-state index in [1.54, 1.807) is 0 Å². The van der Waals surface area contributed by atoms with Gasteiger partial charge in [0.25, 0.3) is 0 Å². The van der Waals surface area contributed by atoms with Gasteiger partial charge in [0, 0.05) is 29.8 Å². The van der Waals surface area contributed by atoms with Gasteiger partial charge in [0.05, 0.1) is 6.20 Å². The molecule has 2 heterocycles. The van der Waals surface area contributed by atoms with Crippen molar-refractivity contribution in [3.05, 3.63) is 17.5 Å². The number of H-pyrrole nitrogens is 1. The normalized spacial score (nSPS) is 31.8. The van der Waals surface area contributed by atoms with E-state index in [0.29, 0.717) is 12.1 Å². The lowest BCUT2D eigenvalue weighted by molar-refractivity contribution is 0.212. The molecule has 0 aromatic carbocycles. The van der Waals surface area contributed by atoms with Crippen molar-refractivity contribution in [3.63, 3.8) is 0 Å². The van der Waals surface area contributed by atoms with Crippen LogP contribution in [0.5, 0.6) is 0 Å². The average molecular weight is 206 g/mol. The summed E-state index contributed by atoms with van der Waals surface area (Å²) < 4.78 is 0. The minimum Gasteiger partial charge on any atom is -0.327 e. The van der Waals surface area contributed by atoms with Crippen molar-refractivity contribution in [2.24, 2.45) is 5.73 Å². The summed E-state index contributed by atoms with van der Waals surface area (Å²) in [4.78, 5) is 2.56. The first-order valence-electron chi connectivity index (χ1n) is 5.86. The Kier molecular flexibility index (Phi) is 2.25. The Labute approximate surface area is 89.8 Å². The van der Waals surface area contributed by atoms with Gasteiger partial charge in [-0.15, -0.1) is 0 Å². The molecule has 0 bridgehead atoms. The number of likely N-dealkylation sites (tertiary alicyclic amines) is 1. The number of rotatable bonds is 1. The lowest BCUT2D eigenvalue weighted by atomic mass is 9.89. The predicted molar refractivity (Wildman–Crippen MR) is 58.4 cm³/mol. The van der Waals surface area contributed by atoms with Crippen LogP contribution in [0.25, 0.3) is 0 Å². The first-order chi connectivity index (χ1) is 7.34. The molecule has 4 heteroatoms. The van der Waals surface area contributed by atoms with Crippen LogP contribution in [0.3, 0.4) is 0 Å². The number of nitrogens with two attached hydrogens (primary N) is 1. The molecule has 3 rings (SSSR count). The van der Waals surface area contributed by atoms with Crippen LogP contribution in [0.1, 0.15) is 36.6 Å². The number of fused-ring (bicyclic) bond motifs is 1. The molecule has 3 N–H and O–H groups in total. The number of hydrogen-bond donors (Lipinski definition) is 2. The van der Waals surface area contributed by atoms with Gasteiger partial charge in [-0.05, 0) is 32.4 Å². The number of aromatic amines is 1. The van der Waals surface area contributed by atoms with E-state index in [2.05, 4.69) is 15.1 Å². The quantitative estimate of drug-likeness (QED) is 0.715. The minimum absolute atomic E-state index is 0.295. The highest BCUT2D eigenvalue weighted by Gasteiger charge is 2.31. The van der Waals surface area contributed by atoms with E-state index in [-0.39, 0.29) is 0 Å². The SMILES string of the molecule is NC1Cc2[nH]ncc2C(N2CCCC2)C1. The summed E-state index contributed by atoms with van der Waals surface area (Å²) in [7, 11) is 0. The molecule has 2 aliphatic rings. The van der Waals surface area contributed by atoms with Gasteiger partial charge in [-0.3, -0.25) is 10.00 Å². The van der Waals surface area contributed by atoms with Crippen molar-refractivity contribution >= 4 is 0 Å². The first kappa shape index (κ1) is 9.36. The lowest BCUT2D eigenvalue weighted by Crippen LogP contribution is -2.37. The van der Waals surface area contributed by atoms with Gasteiger partial charge in [-0.2, -0.15) is 5.10 Å². The average Bonchev–Trinajstić information content (AvgIpc) is 2.86. The van der Waals surface area contributed by atoms with Gasteiger partial charge in [0.1, 0.15) is 0 Å². The standard InChI is InChI=1S/C11H18N4/c12-8-5-10-9(7-13-14-10)11(6-8)15-3-1-2-4-15/h7-8,11H,1-6,12H2,(H,13,14). The minimum atomic E-state index is 0.295. The fourth-order valence-corrected chi connectivity index (χ4v) is 2.93. The molecule has 4 nitrogen and oxygen atoms in total. The number of nitrogens with one attached hydrogen (secondary N) is 1. The Hall–Kier alpha value is -0.870. The number of hydrogen-bond acceptors (Lipinski definition) is 3. The second-order valence-corrected chi connectivity index (χ2v) is 4.76. The molecular formula is C11H18N4.